The van der Waals surface area contributed by atoms with Gasteiger partial charge in [0.05, 0.1) is 22.5 Å². The number of anilines is 1. The van der Waals surface area contributed by atoms with Gasteiger partial charge in [-0.05, 0) is 61.1 Å². The third-order valence-electron chi connectivity index (χ3n) is 2.89. The second-order valence-corrected chi connectivity index (χ2v) is 5.36. The molecule has 5 nitrogen and oxygen atoms in total. The van der Waals surface area contributed by atoms with Crippen LogP contribution in [0.1, 0.15) is 19.4 Å². The van der Waals surface area contributed by atoms with Crippen LogP contribution in [0.5, 0.6) is 11.5 Å². The first-order chi connectivity index (χ1) is 9.58. The summed E-state index contributed by atoms with van der Waals surface area (Å²) in [6.45, 7) is 7.13. The van der Waals surface area contributed by atoms with Crippen molar-refractivity contribution in [2.24, 2.45) is 0 Å². The number of aromatic nitrogens is 2. The van der Waals surface area contributed by atoms with Crippen LogP contribution >= 0.6 is 22.6 Å². The molecule has 1 aromatic heterocycles. The van der Waals surface area contributed by atoms with E-state index in [0.29, 0.717) is 19.0 Å². The van der Waals surface area contributed by atoms with Crippen molar-refractivity contribution in [3.05, 3.63) is 21.3 Å². The summed E-state index contributed by atoms with van der Waals surface area (Å²) in [4.78, 5) is 0. The van der Waals surface area contributed by atoms with E-state index < -0.39 is 0 Å². The van der Waals surface area contributed by atoms with E-state index >= 15 is 0 Å². The molecule has 0 spiro atoms. The molecule has 0 atom stereocenters. The van der Waals surface area contributed by atoms with Gasteiger partial charge in [0, 0.05) is 5.56 Å². The molecule has 0 aliphatic carbocycles. The van der Waals surface area contributed by atoms with E-state index in [-0.39, 0.29) is 0 Å². The van der Waals surface area contributed by atoms with Gasteiger partial charge in [-0.3, -0.25) is 5.10 Å². The maximum Gasteiger partial charge on any atom is 0.161 e. The number of aryl methyl sites for hydroxylation is 1. The summed E-state index contributed by atoms with van der Waals surface area (Å²) in [6, 6.07) is 3.95. The van der Waals surface area contributed by atoms with Crippen molar-refractivity contribution in [1.82, 2.24) is 10.2 Å². The third kappa shape index (κ3) is 2.84. The lowest BCUT2D eigenvalue weighted by atomic mass is 10.0. The van der Waals surface area contributed by atoms with E-state index in [2.05, 4.69) is 32.8 Å². The summed E-state index contributed by atoms with van der Waals surface area (Å²) in [5.74, 6) is 2.00. The number of nitrogens with zero attached hydrogens (tertiary/aromatic N) is 1. The van der Waals surface area contributed by atoms with Crippen LogP contribution in [-0.4, -0.2) is 23.4 Å². The number of hydrogen-bond donors (Lipinski definition) is 2. The number of halogens is 1. The molecular formula is C14H18IN3O2. The number of hydrogen-bond acceptors (Lipinski definition) is 4. The van der Waals surface area contributed by atoms with Crippen molar-refractivity contribution in [3.63, 3.8) is 0 Å². The lowest BCUT2D eigenvalue weighted by molar-refractivity contribution is 0.287. The standard InChI is InChI=1S/C14H18IN3O2/c1-4-19-10-6-8(3)9(7-11(10)20-5-2)13-12(15)14(16)18-17-13/h6-7H,4-5H2,1-3H3,(H3,16,17,18). The summed E-state index contributed by atoms with van der Waals surface area (Å²) < 4.78 is 12.2. The topological polar surface area (TPSA) is 73.2 Å². The van der Waals surface area contributed by atoms with E-state index in [1.165, 1.54) is 0 Å². The van der Waals surface area contributed by atoms with Crippen molar-refractivity contribution >= 4 is 28.4 Å². The Bertz CT molecular complexity index is 611. The smallest absolute Gasteiger partial charge is 0.161 e. The van der Waals surface area contributed by atoms with Crippen LogP contribution in [0.25, 0.3) is 11.3 Å². The predicted molar refractivity (Wildman–Crippen MR) is 88.2 cm³/mol. The fourth-order valence-electron chi connectivity index (χ4n) is 1.99. The highest BCUT2D eigenvalue weighted by Gasteiger charge is 2.16. The number of ether oxygens (including phenoxy) is 2. The van der Waals surface area contributed by atoms with Gasteiger partial charge in [-0.25, -0.2) is 0 Å². The number of nitrogens with one attached hydrogen (secondary N) is 1. The number of nitrogen functional groups attached to an aromatic ring is 1. The first-order valence-corrected chi connectivity index (χ1v) is 7.56. The maximum atomic E-state index is 5.80. The van der Waals surface area contributed by atoms with E-state index in [1.54, 1.807) is 0 Å². The molecule has 0 bridgehead atoms. The largest absolute Gasteiger partial charge is 0.490 e. The van der Waals surface area contributed by atoms with E-state index in [0.717, 1.165) is 31.9 Å². The number of aromatic amines is 1. The molecule has 0 aliphatic heterocycles. The minimum Gasteiger partial charge on any atom is -0.490 e. The maximum absolute atomic E-state index is 5.80. The van der Waals surface area contributed by atoms with Crippen LogP contribution in [0.15, 0.2) is 12.1 Å². The molecule has 3 N–H and O–H groups in total. The van der Waals surface area contributed by atoms with Crippen LogP contribution in [0.3, 0.4) is 0 Å². The monoisotopic (exact) mass is 387 g/mol. The zero-order valence-corrected chi connectivity index (χ0v) is 13.9. The molecule has 0 unspecified atom stereocenters. The second kappa shape index (κ2) is 6.34. The summed E-state index contributed by atoms with van der Waals surface area (Å²) in [6.07, 6.45) is 0. The van der Waals surface area contributed by atoms with Crippen molar-refractivity contribution in [1.29, 1.82) is 0 Å². The molecule has 108 valence electrons. The molecule has 1 heterocycles. The van der Waals surface area contributed by atoms with Crippen LogP contribution < -0.4 is 15.2 Å². The average Bonchev–Trinajstić information content (AvgIpc) is 2.74. The zero-order chi connectivity index (χ0) is 14.7. The highest BCUT2D eigenvalue weighted by molar-refractivity contribution is 14.1. The predicted octanol–water partition coefficient (Wildman–Crippen LogP) is 3.37. The SMILES string of the molecule is CCOc1cc(C)c(-c2[nH]nc(N)c2I)cc1OCC. The molecule has 1 aromatic carbocycles. The Labute approximate surface area is 132 Å². The summed E-state index contributed by atoms with van der Waals surface area (Å²) in [5.41, 5.74) is 8.80. The molecule has 6 heteroatoms. The van der Waals surface area contributed by atoms with Gasteiger partial charge in [0.15, 0.2) is 17.3 Å². The highest BCUT2D eigenvalue weighted by Crippen LogP contribution is 2.37. The highest BCUT2D eigenvalue weighted by atomic mass is 127. The van der Waals surface area contributed by atoms with Crippen molar-refractivity contribution in [2.45, 2.75) is 20.8 Å². The molecule has 2 aromatic rings. The van der Waals surface area contributed by atoms with Gasteiger partial charge >= 0.3 is 0 Å². The minimum atomic E-state index is 0.506. The molecule has 20 heavy (non-hydrogen) atoms. The van der Waals surface area contributed by atoms with Gasteiger partial charge in [0.2, 0.25) is 0 Å². The molecule has 0 amide bonds. The van der Waals surface area contributed by atoms with Gasteiger partial charge in [0.25, 0.3) is 0 Å². The third-order valence-corrected chi connectivity index (χ3v) is 3.98. The fraction of sp³-hybridized carbons (Fsp3) is 0.357. The Hall–Kier alpha value is -1.44. The van der Waals surface area contributed by atoms with Gasteiger partial charge in [-0.1, -0.05) is 0 Å². The summed E-state index contributed by atoms with van der Waals surface area (Å²) >= 11 is 2.19. The Balaban J connectivity index is 2.54. The van der Waals surface area contributed by atoms with Gasteiger partial charge in [-0.2, -0.15) is 5.10 Å². The Morgan fingerprint density at radius 2 is 1.80 bits per heavy atom. The molecule has 0 saturated carbocycles. The zero-order valence-electron chi connectivity index (χ0n) is 11.8. The molecule has 0 radical (unpaired) electrons. The van der Waals surface area contributed by atoms with Crippen molar-refractivity contribution < 1.29 is 9.47 Å². The van der Waals surface area contributed by atoms with E-state index in [9.17, 15) is 0 Å². The lowest BCUT2D eigenvalue weighted by Gasteiger charge is -2.14. The van der Waals surface area contributed by atoms with Crippen LogP contribution in [-0.2, 0) is 0 Å². The number of nitrogens with two attached hydrogens (primary N) is 1. The van der Waals surface area contributed by atoms with Crippen LogP contribution in [0, 0.1) is 10.5 Å². The van der Waals surface area contributed by atoms with Crippen molar-refractivity contribution in [2.75, 3.05) is 18.9 Å². The van der Waals surface area contributed by atoms with Crippen molar-refractivity contribution in [3.8, 4) is 22.8 Å². The Morgan fingerprint density at radius 3 is 2.30 bits per heavy atom. The number of H-pyrrole nitrogens is 1. The van der Waals surface area contributed by atoms with Gasteiger partial charge in [0.1, 0.15) is 0 Å². The molecular weight excluding hydrogens is 369 g/mol. The van der Waals surface area contributed by atoms with Crippen LogP contribution in [0.4, 0.5) is 5.82 Å². The van der Waals surface area contributed by atoms with E-state index in [4.69, 9.17) is 15.2 Å². The van der Waals surface area contributed by atoms with E-state index in [1.807, 2.05) is 32.9 Å². The molecule has 0 fully saturated rings. The number of benzene rings is 1. The number of rotatable bonds is 5. The first-order valence-electron chi connectivity index (χ1n) is 6.48. The minimum absolute atomic E-state index is 0.506. The lowest BCUT2D eigenvalue weighted by Crippen LogP contribution is -2.00. The van der Waals surface area contributed by atoms with Gasteiger partial charge in [-0.15, -0.1) is 0 Å². The van der Waals surface area contributed by atoms with Crippen LogP contribution in [0.2, 0.25) is 0 Å². The Morgan fingerprint density at radius 1 is 1.20 bits per heavy atom. The molecule has 0 aliphatic rings. The Kier molecular flexibility index (Phi) is 4.74. The average molecular weight is 387 g/mol. The van der Waals surface area contributed by atoms with Gasteiger partial charge < -0.3 is 15.2 Å². The molecule has 0 saturated heterocycles. The molecule has 2 rings (SSSR count). The fourth-order valence-corrected chi connectivity index (χ4v) is 2.52. The first kappa shape index (κ1) is 15.0. The normalized spacial score (nSPS) is 10.6. The summed E-state index contributed by atoms with van der Waals surface area (Å²) in [7, 11) is 0. The second-order valence-electron chi connectivity index (χ2n) is 4.28. The summed E-state index contributed by atoms with van der Waals surface area (Å²) in [5, 5.41) is 7.01. The quantitative estimate of drug-likeness (QED) is 0.772.